The fourth-order valence-corrected chi connectivity index (χ4v) is 6.93. The highest BCUT2D eigenvalue weighted by molar-refractivity contribution is 7.89. The minimum absolute atomic E-state index is 0.104. The van der Waals surface area contributed by atoms with Crippen molar-refractivity contribution in [2.75, 3.05) is 0 Å². The molecule has 0 spiro atoms. The Balaban J connectivity index is 1.59. The number of para-hydroxylation sites is 1. The maximum absolute atomic E-state index is 13.3. The third kappa shape index (κ3) is 5.23. The lowest BCUT2D eigenvalue weighted by Gasteiger charge is -2.29. The average Bonchev–Trinajstić information content (AvgIpc) is 2.76. The fourth-order valence-electron chi connectivity index (χ4n) is 5.17. The number of hydrogen-bond acceptors (Lipinski definition) is 4. The first kappa shape index (κ1) is 24.6. The molecule has 0 radical (unpaired) electrons. The van der Waals surface area contributed by atoms with Gasteiger partial charge in [0.05, 0.1) is 22.1 Å². The first-order valence-electron chi connectivity index (χ1n) is 12.2. The summed E-state index contributed by atoms with van der Waals surface area (Å²) in [6, 6.07) is 13.9. The van der Waals surface area contributed by atoms with Crippen molar-refractivity contribution < 1.29 is 8.42 Å². The number of sulfonamides is 1. The van der Waals surface area contributed by atoms with Gasteiger partial charge < -0.3 is 0 Å². The molecule has 1 fully saturated rings. The molecule has 0 amide bonds. The lowest BCUT2D eigenvalue weighted by Crippen LogP contribution is -2.44. The smallest absolute Gasteiger partial charge is 0.241 e. The minimum Gasteiger partial charge on any atom is -0.286 e. The van der Waals surface area contributed by atoms with Crippen molar-refractivity contribution in [1.82, 2.24) is 9.71 Å². The van der Waals surface area contributed by atoms with Gasteiger partial charge >= 0.3 is 0 Å². The highest BCUT2D eigenvalue weighted by atomic mass is 32.2. The minimum atomic E-state index is -3.64. The van der Waals surface area contributed by atoms with Crippen LogP contribution in [-0.2, 0) is 10.0 Å². The third-order valence-corrected chi connectivity index (χ3v) is 8.50. The van der Waals surface area contributed by atoms with Gasteiger partial charge in [-0.1, -0.05) is 68.7 Å². The van der Waals surface area contributed by atoms with Crippen molar-refractivity contribution in [2.24, 2.45) is 4.99 Å². The summed E-state index contributed by atoms with van der Waals surface area (Å²) in [6.45, 7) is 10.1. The van der Waals surface area contributed by atoms with Crippen molar-refractivity contribution >= 4 is 27.1 Å². The molecule has 34 heavy (non-hydrogen) atoms. The van der Waals surface area contributed by atoms with Gasteiger partial charge in [0.1, 0.15) is 0 Å². The number of fused-ring (bicyclic) bond motifs is 1. The van der Waals surface area contributed by atoms with Crippen LogP contribution in [0.3, 0.4) is 0 Å². The Kier molecular flexibility index (Phi) is 7.20. The van der Waals surface area contributed by atoms with Crippen LogP contribution in [0.1, 0.15) is 73.4 Å². The molecule has 0 bridgehead atoms. The molecule has 1 saturated carbocycles. The summed E-state index contributed by atoms with van der Waals surface area (Å²) in [4.78, 5) is 10.1. The zero-order chi connectivity index (χ0) is 24.5. The molecular formula is C28H35N3O2S. The van der Waals surface area contributed by atoms with Crippen LogP contribution in [-0.4, -0.2) is 31.7 Å². The summed E-state index contributed by atoms with van der Waals surface area (Å²) in [6.07, 6.45) is 5.51. The standard InChI is InChI=1S/C28H35N3O2S/c1-18(2)24-10-8-9-22-13-14-23(30-27(22)24)17-29-25-11-6-7-12-26(25)31-34(32,33)28-20(4)15-19(3)16-21(28)5/h8-10,13-18,25-26,31H,6-7,11-12H2,1-5H3. The SMILES string of the molecule is Cc1cc(C)c(S(=O)(=O)NC2CCCCC2N=Cc2ccc3cccc(C(C)C)c3n2)c(C)c1. The van der Waals surface area contributed by atoms with E-state index in [2.05, 4.69) is 42.8 Å². The number of aromatic nitrogens is 1. The Labute approximate surface area is 203 Å². The Morgan fingerprint density at radius 2 is 1.74 bits per heavy atom. The molecule has 1 aromatic heterocycles. The van der Waals surface area contributed by atoms with Gasteiger partial charge in [-0.15, -0.1) is 0 Å². The zero-order valence-corrected chi connectivity index (χ0v) is 21.6. The van der Waals surface area contributed by atoms with E-state index in [0.29, 0.717) is 10.8 Å². The second-order valence-electron chi connectivity index (χ2n) is 9.90. The maximum Gasteiger partial charge on any atom is 0.241 e. The second kappa shape index (κ2) is 9.96. The number of aryl methyl sites for hydroxylation is 3. The van der Waals surface area contributed by atoms with E-state index < -0.39 is 10.0 Å². The first-order chi connectivity index (χ1) is 16.2. The summed E-state index contributed by atoms with van der Waals surface area (Å²) < 4.78 is 29.7. The lowest BCUT2D eigenvalue weighted by atomic mass is 9.91. The molecule has 1 aliphatic rings. The van der Waals surface area contributed by atoms with E-state index in [1.54, 1.807) is 0 Å². The Hall–Kier alpha value is -2.57. The Morgan fingerprint density at radius 1 is 1.03 bits per heavy atom. The molecular weight excluding hydrogens is 442 g/mol. The van der Waals surface area contributed by atoms with Crippen molar-refractivity contribution in [3.8, 4) is 0 Å². The zero-order valence-electron chi connectivity index (χ0n) is 20.8. The summed E-state index contributed by atoms with van der Waals surface area (Å²) in [5.74, 6) is 0.384. The van der Waals surface area contributed by atoms with Crippen LogP contribution in [0.4, 0.5) is 0 Å². The summed E-state index contributed by atoms with van der Waals surface area (Å²) in [5, 5.41) is 1.12. The number of pyridine rings is 1. The first-order valence-corrected chi connectivity index (χ1v) is 13.7. The predicted molar refractivity (Wildman–Crippen MR) is 140 cm³/mol. The summed E-state index contributed by atoms with van der Waals surface area (Å²) in [5.41, 5.74) is 5.66. The maximum atomic E-state index is 13.3. The van der Waals surface area contributed by atoms with E-state index in [0.717, 1.165) is 59.0 Å². The van der Waals surface area contributed by atoms with E-state index in [1.165, 1.54) is 5.56 Å². The van der Waals surface area contributed by atoms with Crippen molar-refractivity contribution in [1.29, 1.82) is 0 Å². The van der Waals surface area contributed by atoms with Gasteiger partial charge in [0.25, 0.3) is 0 Å². The fraction of sp³-hybridized carbons (Fsp3) is 0.429. The van der Waals surface area contributed by atoms with Gasteiger partial charge in [-0.2, -0.15) is 0 Å². The molecule has 2 atom stereocenters. The normalized spacial score (nSPS) is 19.4. The van der Waals surface area contributed by atoms with Gasteiger partial charge in [-0.3, -0.25) is 4.99 Å². The Bertz CT molecular complexity index is 1310. The number of nitrogens with one attached hydrogen (secondary N) is 1. The molecule has 180 valence electrons. The van der Waals surface area contributed by atoms with Crippen LogP contribution in [0.5, 0.6) is 0 Å². The van der Waals surface area contributed by atoms with Crippen LogP contribution in [0.25, 0.3) is 10.9 Å². The van der Waals surface area contributed by atoms with Gasteiger partial charge in [0.15, 0.2) is 0 Å². The van der Waals surface area contributed by atoms with Crippen molar-refractivity contribution in [3.63, 3.8) is 0 Å². The number of aliphatic imine (C=N–C) groups is 1. The molecule has 1 heterocycles. The van der Waals surface area contributed by atoms with E-state index in [-0.39, 0.29) is 12.1 Å². The third-order valence-electron chi connectivity index (χ3n) is 6.70. The molecule has 1 aliphatic carbocycles. The summed E-state index contributed by atoms with van der Waals surface area (Å²) in [7, 11) is -3.64. The largest absolute Gasteiger partial charge is 0.286 e. The van der Waals surface area contributed by atoms with E-state index in [9.17, 15) is 8.42 Å². The molecule has 0 aliphatic heterocycles. The van der Waals surface area contributed by atoms with Crippen molar-refractivity contribution in [2.45, 2.75) is 83.2 Å². The van der Waals surface area contributed by atoms with E-state index in [4.69, 9.17) is 9.98 Å². The van der Waals surface area contributed by atoms with Gasteiger partial charge in [-0.25, -0.2) is 18.1 Å². The van der Waals surface area contributed by atoms with Crippen molar-refractivity contribution in [3.05, 3.63) is 70.4 Å². The van der Waals surface area contributed by atoms with Crippen LogP contribution in [0, 0.1) is 20.8 Å². The second-order valence-corrected chi connectivity index (χ2v) is 11.5. The van der Waals surface area contributed by atoms with Gasteiger partial charge in [0, 0.05) is 17.6 Å². The molecule has 6 heteroatoms. The summed E-state index contributed by atoms with van der Waals surface area (Å²) >= 11 is 0. The number of rotatable bonds is 6. The highest BCUT2D eigenvalue weighted by Crippen LogP contribution is 2.27. The predicted octanol–water partition coefficient (Wildman–Crippen LogP) is 5.99. The van der Waals surface area contributed by atoms with E-state index >= 15 is 0 Å². The number of nitrogens with zero attached hydrogens (tertiary/aromatic N) is 2. The number of benzene rings is 2. The molecule has 4 rings (SSSR count). The van der Waals surface area contributed by atoms with Crippen LogP contribution < -0.4 is 4.72 Å². The lowest BCUT2D eigenvalue weighted by molar-refractivity contribution is 0.363. The molecule has 2 aromatic carbocycles. The molecule has 2 unspecified atom stereocenters. The quantitative estimate of drug-likeness (QED) is 0.443. The van der Waals surface area contributed by atoms with Gasteiger partial charge in [-0.05, 0) is 62.3 Å². The molecule has 1 N–H and O–H groups in total. The van der Waals surface area contributed by atoms with Crippen LogP contribution >= 0.6 is 0 Å². The monoisotopic (exact) mass is 477 g/mol. The molecule has 5 nitrogen and oxygen atoms in total. The van der Waals surface area contributed by atoms with Gasteiger partial charge in [0.2, 0.25) is 10.0 Å². The van der Waals surface area contributed by atoms with E-state index in [1.807, 2.05) is 45.2 Å². The highest BCUT2D eigenvalue weighted by Gasteiger charge is 2.30. The Morgan fingerprint density at radius 3 is 2.44 bits per heavy atom. The molecule has 3 aromatic rings. The molecule has 0 saturated heterocycles. The topological polar surface area (TPSA) is 71.4 Å². The number of hydrogen-bond donors (Lipinski definition) is 1. The van der Waals surface area contributed by atoms with Crippen LogP contribution in [0.15, 0.2) is 52.4 Å². The van der Waals surface area contributed by atoms with Crippen LogP contribution in [0.2, 0.25) is 0 Å². The average molecular weight is 478 g/mol.